The molecule has 0 aliphatic heterocycles. The minimum atomic E-state index is -0.307. The first-order valence-electron chi connectivity index (χ1n) is 8.78. The summed E-state index contributed by atoms with van der Waals surface area (Å²) < 4.78 is 5.16. The molecule has 2 aliphatic carbocycles. The van der Waals surface area contributed by atoms with Gasteiger partial charge in [-0.1, -0.05) is 33.1 Å². The van der Waals surface area contributed by atoms with Gasteiger partial charge in [0.25, 0.3) is 0 Å². The number of carbonyl (C=O) groups excluding carboxylic acids is 3. The molecule has 132 valence electrons. The number of allylic oxidation sites excluding steroid dienone is 3. The van der Waals surface area contributed by atoms with Crippen molar-refractivity contribution in [3.63, 3.8) is 0 Å². The van der Waals surface area contributed by atoms with Gasteiger partial charge in [0.2, 0.25) is 11.7 Å². The first-order valence-corrected chi connectivity index (χ1v) is 8.78. The van der Waals surface area contributed by atoms with Crippen LogP contribution in [0.2, 0.25) is 0 Å². The summed E-state index contributed by atoms with van der Waals surface area (Å²) in [4.78, 5) is 36.8. The van der Waals surface area contributed by atoms with Crippen LogP contribution < -0.4 is 5.32 Å². The van der Waals surface area contributed by atoms with Crippen LogP contribution in [0.5, 0.6) is 0 Å². The molecule has 0 unspecified atom stereocenters. The van der Waals surface area contributed by atoms with E-state index in [4.69, 9.17) is 4.74 Å². The summed E-state index contributed by atoms with van der Waals surface area (Å²) in [6.45, 7) is 3.78. The van der Waals surface area contributed by atoms with Crippen LogP contribution in [0.25, 0.3) is 0 Å². The number of hydrogen-bond donors (Lipinski definition) is 1. The molecule has 1 N–H and O–H groups in total. The molecule has 1 saturated carbocycles. The number of Topliss-reactive ketones (excluding diaryl/α,β-unsaturated/α-hetero) is 1. The summed E-state index contributed by atoms with van der Waals surface area (Å²) in [5, 5.41) is 2.78. The Kier molecular flexibility index (Phi) is 6.35. The van der Waals surface area contributed by atoms with Gasteiger partial charge in [0, 0.05) is 24.1 Å². The molecule has 1 amide bonds. The van der Waals surface area contributed by atoms with Crippen LogP contribution in [-0.2, 0) is 19.1 Å². The smallest absolute Gasteiger partial charge is 0.225 e. The van der Waals surface area contributed by atoms with Crippen molar-refractivity contribution in [2.75, 3.05) is 13.7 Å². The van der Waals surface area contributed by atoms with Crippen molar-refractivity contribution in [2.24, 2.45) is 11.8 Å². The highest BCUT2D eigenvalue weighted by Gasteiger charge is 2.31. The van der Waals surface area contributed by atoms with Gasteiger partial charge < -0.3 is 10.1 Å². The Labute approximate surface area is 143 Å². The molecule has 0 aromatic rings. The van der Waals surface area contributed by atoms with Gasteiger partial charge in [-0.05, 0) is 30.8 Å². The summed E-state index contributed by atoms with van der Waals surface area (Å²) in [5.41, 5.74) is 0.693. The minimum Gasteiger partial charge on any atom is -0.492 e. The Balaban J connectivity index is 1.95. The third kappa shape index (κ3) is 4.34. The number of ketones is 2. The Morgan fingerprint density at radius 2 is 1.92 bits per heavy atom. The fourth-order valence-corrected chi connectivity index (χ4v) is 3.48. The molecule has 1 fully saturated rings. The number of nitrogens with one attached hydrogen (secondary N) is 1. The van der Waals surface area contributed by atoms with E-state index in [2.05, 4.69) is 5.32 Å². The third-order valence-electron chi connectivity index (χ3n) is 4.77. The van der Waals surface area contributed by atoms with E-state index in [9.17, 15) is 14.4 Å². The van der Waals surface area contributed by atoms with E-state index in [0.717, 1.165) is 12.8 Å². The number of ether oxygens (including phenoxy) is 1. The monoisotopic (exact) mass is 333 g/mol. The molecular weight excluding hydrogens is 306 g/mol. The van der Waals surface area contributed by atoms with Gasteiger partial charge in [-0.3, -0.25) is 14.4 Å². The van der Waals surface area contributed by atoms with Crippen molar-refractivity contribution >= 4 is 17.5 Å². The van der Waals surface area contributed by atoms with Crippen LogP contribution in [-0.4, -0.2) is 31.1 Å². The molecule has 2 rings (SSSR count). The standard InChI is InChI=1S/C19H27NO4/c1-12(2)17-15(21)10-14(18(23)19(17)24-3)11-20-16(22)9-13-7-5-4-6-8-13/h10,12-13H,4-9,11H2,1-3H3,(H,20,22). The topological polar surface area (TPSA) is 72.5 Å². The zero-order chi connectivity index (χ0) is 17.7. The van der Waals surface area contributed by atoms with Crippen LogP contribution in [0.1, 0.15) is 52.4 Å². The second kappa shape index (κ2) is 8.27. The molecule has 0 radical (unpaired) electrons. The lowest BCUT2D eigenvalue weighted by Crippen LogP contribution is -2.33. The van der Waals surface area contributed by atoms with Crippen LogP contribution in [0.3, 0.4) is 0 Å². The van der Waals surface area contributed by atoms with E-state index in [1.54, 1.807) is 0 Å². The first-order chi connectivity index (χ1) is 11.4. The number of hydrogen-bond acceptors (Lipinski definition) is 4. The molecule has 0 atom stereocenters. The highest BCUT2D eigenvalue weighted by molar-refractivity contribution is 6.22. The maximum atomic E-state index is 12.5. The van der Waals surface area contributed by atoms with Crippen molar-refractivity contribution < 1.29 is 19.1 Å². The van der Waals surface area contributed by atoms with E-state index >= 15 is 0 Å². The minimum absolute atomic E-state index is 0.0550. The average Bonchev–Trinajstić information content (AvgIpc) is 2.55. The van der Waals surface area contributed by atoms with E-state index in [1.807, 2.05) is 13.8 Å². The quantitative estimate of drug-likeness (QED) is 0.759. The van der Waals surface area contributed by atoms with Crippen molar-refractivity contribution in [2.45, 2.75) is 52.4 Å². The van der Waals surface area contributed by atoms with E-state index in [-0.39, 0.29) is 35.7 Å². The van der Waals surface area contributed by atoms with Crippen molar-refractivity contribution in [1.82, 2.24) is 5.32 Å². The molecule has 5 heteroatoms. The van der Waals surface area contributed by atoms with Crippen molar-refractivity contribution in [3.05, 3.63) is 23.0 Å². The van der Waals surface area contributed by atoms with E-state index < -0.39 is 0 Å². The van der Waals surface area contributed by atoms with Gasteiger partial charge in [-0.15, -0.1) is 0 Å². The van der Waals surface area contributed by atoms with Gasteiger partial charge in [-0.2, -0.15) is 0 Å². The van der Waals surface area contributed by atoms with E-state index in [0.29, 0.717) is 23.5 Å². The maximum absolute atomic E-state index is 12.5. The predicted octanol–water partition coefficient (Wildman–Crippen LogP) is 2.71. The molecule has 0 heterocycles. The third-order valence-corrected chi connectivity index (χ3v) is 4.77. The van der Waals surface area contributed by atoms with Gasteiger partial charge in [0.1, 0.15) is 0 Å². The summed E-state index contributed by atoms with van der Waals surface area (Å²) >= 11 is 0. The molecule has 0 bridgehead atoms. The van der Waals surface area contributed by atoms with Crippen LogP contribution in [0, 0.1) is 11.8 Å². The van der Waals surface area contributed by atoms with Gasteiger partial charge in [0.05, 0.1) is 7.11 Å². The van der Waals surface area contributed by atoms with Gasteiger partial charge >= 0.3 is 0 Å². The number of rotatable bonds is 6. The van der Waals surface area contributed by atoms with Crippen LogP contribution in [0.15, 0.2) is 23.0 Å². The van der Waals surface area contributed by atoms with Gasteiger partial charge in [0.15, 0.2) is 11.5 Å². The zero-order valence-electron chi connectivity index (χ0n) is 14.8. The fraction of sp³-hybridized carbons (Fsp3) is 0.632. The Bertz CT molecular complexity index is 580. The number of methoxy groups -OCH3 is 1. The summed E-state index contributed by atoms with van der Waals surface area (Å²) in [6.07, 6.45) is 7.67. The molecule has 0 spiro atoms. The molecule has 0 aromatic carbocycles. The molecule has 2 aliphatic rings. The van der Waals surface area contributed by atoms with Crippen molar-refractivity contribution in [3.8, 4) is 0 Å². The van der Waals surface area contributed by atoms with Crippen molar-refractivity contribution in [1.29, 1.82) is 0 Å². The molecule has 0 aromatic heterocycles. The lowest BCUT2D eigenvalue weighted by molar-refractivity contribution is -0.122. The molecule has 0 saturated heterocycles. The highest BCUT2D eigenvalue weighted by Crippen LogP contribution is 2.27. The average molecular weight is 333 g/mol. The SMILES string of the molecule is COC1=C(C(C)C)C(=O)C=C(CNC(=O)CC2CCCCC2)C1=O. The van der Waals surface area contributed by atoms with Crippen LogP contribution >= 0.6 is 0 Å². The summed E-state index contributed by atoms with van der Waals surface area (Å²) in [7, 11) is 1.40. The second-order valence-electron chi connectivity index (χ2n) is 6.95. The first kappa shape index (κ1) is 18.4. The number of amides is 1. The van der Waals surface area contributed by atoms with Gasteiger partial charge in [-0.25, -0.2) is 0 Å². The molecular formula is C19H27NO4. The molecule has 5 nitrogen and oxygen atoms in total. The summed E-state index contributed by atoms with van der Waals surface area (Å²) in [6, 6.07) is 0. The highest BCUT2D eigenvalue weighted by atomic mass is 16.5. The van der Waals surface area contributed by atoms with E-state index in [1.165, 1.54) is 32.4 Å². The number of carbonyl (C=O) groups is 3. The second-order valence-corrected chi connectivity index (χ2v) is 6.95. The fourth-order valence-electron chi connectivity index (χ4n) is 3.48. The lowest BCUT2D eigenvalue weighted by Gasteiger charge is -2.22. The Hall–Kier alpha value is -1.91. The lowest BCUT2D eigenvalue weighted by atomic mass is 9.86. The Morgan fingerprint density at radius 3 is 2.50 bits per heavy atom. The predicted molar refractivity (Wildman–Crippen MR) is 91.2 cm³/mol. The maximum Gasteiger partial charge on any atom is 0.225 e. The normalized spacial score (nSPS) is 19.6. The Morgan fingerprint density at radius 1 is 1.25 bits per heavy atom. The zero-order valence-corrected chi connectivity index (χ0v) is 14.8. The molecule has 24 heavy (non-hydrogen) atoms. The summed E-state index contributed by atoms with van der Waals surface area (Å²) in [5.74, 6) is -0.111. The van der Waals surface area contributed by atoms with Crippen LogP contribution in [0.4, 0.5) is 0 Å². The largest absolute Gasteiger partial charge is 0.492 e.